The zero-order chi connectivity index (χ0) is 27.6. The maximum Gasteiger partial charge on any atom is 0.188 e. The molecule has 0 radical (unpaired) electrons. The largest absolute Gasteiger partial charge is 0.497 e. The predicted octanol–water partition coefficient (Wildman–Crippen LogP) is 6.15. The van der Waals surface area contributed by atoms with Crippen LogP contribution in [-0.4, -0.2) is 36.5 Å². The minimum Gasteiger partial charge on any atom is -0.497 e. The first kappa shape index (κ1) is 24.2. The summed E-state index contributed by atoms with van der Waals surface area (Å²) in [5, 5.41) is 0. The number of hydrogen-bond donors (Lipinski definition) is 0. The molecule has 196 valence electrons. The molecule has 1 spiro atoms. The lowest BCUT2D eigenvalue weighted by atomic mass is 9.64. The van der Waals surface area contributed by atoms with Crippen molar-refractivity contribution >= 4 is 29.1 Å². The standard InChI is InChI=1S/C34H24FNO4/c1-40-22-11-8-10-21(19-22)29-30(31(37)25-14-5-6-15-26(25)35)36-27-16-7-2-9-20(27)17-18-28(36)34(29)32(38)23-12-3-4-13-24(23)33(34)39/h2-19,28-30H,1H3/t28-,29-,30-/m1/s1. The number of ether oxygens (including phenoxy) is 1. The van der Waals surface area contributed by atoms with E-state index in [2.05, 4.69) is 0 Å². The van der Waals surface area contributed by atoms with Crippen LogP contribution < -0.4 is 9.64 Å². The lowest BCUT2D eigenvalue weighted by molar-refractivity contribution is 0.0665. The highest BCUT2D eigenvalue weighted by Gasteiger charge is 2.71. The van der Waals surface area contributed by atoms with E-state index in [9.17, 15) is 14.4 Å². The monoisotopic (exact) mass is 529 g/mol. The first-order valence-electron chi connectivity index (χ1n) is 13.2. The van der Waals surface area contributed by atoms with E-state index >= 15 is 4.39 Å². The Morgan fingerprint density at radius 1 is 0.850 bits per heavy atom. The Balaban J connectivity index is 1.57. The molecule has 6 heteroatoms. The number of carbonyl (C=O) groups excluding carboxylic acids is 3. The summed E-state index contributed by atoms with van der Waals surface area (Å²) < 4.78 is 20.7. The van der Waals surface area contributed by atoms with Gasteiger partial charge >= 0.3 is 0 Å². The van der Waals surface area contributed by atoms with E-state index in [4.69, 9.17) is 4.74 Å². The number of Topliss-reactive ketones (excluding diaryl/α,β-unsaturated/α-hetero) is 3. The molecule has 1 saturated heterocycles. The molecule has 4 aromatic carbocycles. The number of anilines is 1. The van der Waals surface area contributed by atoms with Crippen molar-refractivity contribution in [2.75, 3.05) is 12.0 Å². The van der Waals surface area contributed by atoms with Crippen LogP contribution in [0.1, 0.15) is 48.1 Å². The second-order valence-corrected chi connectivity index (χ2v) is 10.4. The van der Waals surface area contributed by atoms with Crippen LogP contribution in [0.25, 0.3) is 6.08 Å². The number of methoxy groups -OCH3 is 1. The number of carbonyl (C=O) groups is 3. The van der Waals surface area contributed by atoms with Crippen LogP contribution in [0.2, 0.25) is 0 Å². The fourth-order valence-corrected chi connectivity index (χ4v) is 6.95. The molecule has 2 aliphatic heterocycles. The highest BCUT2D eigenvalue weighted by molar-refractivity contribution is 6.32. The maximum absolute atomic E-state index is 15.2. The third-order valence-corrected chi connectivity index (χ3v) is 8.57. The summed E-state index contributed by atoms with van der Waals surface area (Å²) in [6.45, 7) is 0. The quantitative estimate of drug-likeness (QED) is 0.234. The molecular weight excluding hydrogens is 505 g/mol. The minimum absolute atomic E-state index is 0.0846. The van der Waals surface area contributed by atoms with Crippen LogP contribution in [0, 0.1) is 11.2 Å². The lowest BCUT2D eigenvalue weighted by Gasteiger charge is -2.37. The Bertz CT molecular complexity index is 1720. The molecule has 7 rings (SSSR count). The maximum atomic E-state index is 15.2. The topological polar surface area (TPSA) is 63.7 Å². The summed E-state index contributed by atoms with van der Waals surface area (Å²) in [4.78, 5) is 45.6. The molecule has 5 nitrogen and oxygen atoms in total. The molecular formula is C34H24FNO4. The summed E-state index contributed by atoms with van der Waals surface area (Å²) >= 11 is 0. The summed E-state index contributed by atoms with van der Waals surface area (Å²) in [6.07, 6.45) is 3.76. The molecule has 0 N–H and O–H groups in total. The normalized spacial score (nSPS) is 21.8. The number of hydrogen-bond acceptors (Lipinski definition) is 5. The van der Waals surface area contributed by atoms with Crippen LogP contribution in [0.4, 0.5) is 10.1 Å². The molecule has 0 bridgehead atoms. The molecule has 0 amide bonds. The minimum atomic E-state index is -1.65. The van der Waals surface area contributed by atoms with Gasteiger partial charge in [0.25, 0.3) is 0 Å². The van der Waals surface area contributed by atoms with Gasteiger partial charge < -0.3 is 9.64 Å². The molecule has 0 unspecified atom stereocenters. The van der Waals surface area contributed by atoms with E-state index in [1.807, 2.05) is 47.4 Å². The third kappa shape index (κ3) is 3.10. The summed E-state index contributed by atoms with van der Waals surface area (Å²) in [5.41, 5.74) is 1.11. The molecule has 0 aromatic heterocycles. The van der Waals surface area contributed by atoms with Gasteiger partial charge in [0, 0.05) is 22.7 Å². The molecule has 1 aliphatic carbocycles. The van der Waals surface area contributed by atoms with Gasteiger partial charge in [-0.1, -0.05) is 78.9 Å². The number of benzene rings is 4. The fourth-order valence-electron chi connectivity index (χ4n) is 6.95. The molecule has 0 saturated carbocycles. The SMILES string of the molecule is COc1cccc([C@@H]2[C@H](C(=O)c3ccccc3F)N3c4ccccc4C=C[C@@H]3C23C(=O)c2ccccc2C3=O)c1. The van der Waals surface area contributed by atoms with Crippen molar-refractivity contribution in [1.29, 1.82) is 0 Å². The van der Waals surface area contributed by atoms with Gasteiger partial charge in [-0.25, -0.2) is 4.39 Å². The van der Waals surface area contributed by atoms with Crippen molar-refractivity contribution < 1.29 is 23.5 Å². The summed E-state index contributed by atoms with van der Waals surface area (Å²) in [6, 6.07) is 25.5. The van der Waals surface area contributed by atoms with Crippen LogP contribution in [-0.2, 0) is 0 Å². The molecule has 3 aliphatic rings. The van der Waals surface area contributed by atoms with Crippen LogP contribution in [0.15, 0.2) is 103 Å². The van der Waals surface area contributed by atoms with E-state index in [-0.39, 0.29) is 17.1 Å². The predicted molar refractivity (Wildman–Crippen MR) is 150 cm³/mol. The van der Waals surface area contributed by atoms with Crippen molar-refractivity contribution in [3.05, 3.63) is 137 Å². The van der Waals surface area contributed by atoms with E-state index in [0.29, 0.717) is 28.1 Å². The molecule has 3 atom stereocenters. The first-order chi connectivity index (χ1) is 19.5. The number of rotatable bonds is 4. The van der Waals surface area contributed by atoms with Gasteiger partial charge in [-0.2, -0.15) is 0 Å². The van der Waals surface area contributed by atoms with Crippen molar-refractivity contribution in [1.82, 2.24) is 0 Å². The average Bonchev–Trinajstić information content (AvgIpc) is 3.43. The zero-order valence-corrected chi connectivity index (χ0v) is 21.6. The van der Waals surface area contributed by atoms with Crippen LogP contribution in [0.3, 0.4) is 0 Å². The Labute approximate surface area is 230 Å². The number of ketones is 3. The van der Waals surface area contributed by atoms with E-state index in [0.717, 1.165) is 5.56 Å². The van der Waals surface area contributed by atoms with Gasteiger partial charge in [0.1, 0.15) is 23.0 Å². The number of fused-ring (bicyclic) bond motifs is 5. The molecule has 1 fully saturated rings. The summed E-state index contributed by atoms with van der Waals surface area (Å²) in [7, 11) is 1.54. The van der Waals surface area contributed by atoms with Gasteiger partial charge in [-0.3, -0.25) is 14.4 Å². The Hall–Kier alpha value is -4.84. The van der Waals surface area contributed by atoms with E-state index < -0.39 is 35.0 Å². The molecule has 40 heavy (non-hydrogen) atoms. The van der Waals surface area contributed by atoms with Gasteiger partial charge in [-0.05, 0) is 41.5 Å². The zero-order valence-electron chi connectivity index (χ0n) is 21.6. The number of nitrogens with zero attached hydrogens (tertiary/aromatic N) is 1. The number of halogens is 1. The van der Waals surface area contributed by atoms with E-state index in [1.165, 1.54) is 25.3 Å². The van der Waals surface area contributed by atoms with Crippen molar-refractivity contribution in [3.63, 3.8) is 0 Å². The van der Waals surface area contributed by atoms with Gasteiger partial charge in [0.15, 0.2) is 17.3 Å². The fraction of sp³-hybridized carbons (Fsp3) is 0.147. The van der Waals surface area contributed by atoms with Gasteiger partial charge in [0.05, 0.1) is 18.7 Å². The third-order valence-electron chi connectivity index (χ3n) is 8.57. The van der Waals surface area contributed by atoms with Crippen LogP contribution >= 0.6 is 0 Å². The Morgan fingerprint density at radius 3 is 2.25 bits per heavy atom. The van der Waals surface area contributed by atoms with Crippen molar-refractivity contribution in [2.45, 2.75) is 18.0 Å². The highest BCUT2D eigenvalue weighted by atomic mass is 19.1. The Morgan fingerprint density at radius 2 is 1.52 bits per heavy atom. The number of para-hydroxylation sites is 1. The van der Waals surface area contributed by atoms with Crippen molar-refractivity contribution in [2.24, 2.45) is 5.41 Å². The second-order valence-electron chi connectivity index (χ2n) is 10.4. The average molecular weight is 530 g/mol. The van der Waals surface area contributed by atoms with Crippen molar-refractivity contribution in [3.8, 4) is 5.75 Å². The van der Waals surface area contributed by atoms with E-state index in [1.54, 1.807) is 48.5 Å². The highest BCUT2D eigenvalue weighted by Crippen LogP contribution is 2.61. The van der Waals surface area contributed by atoms with Crippen LogP contribution in [0.5, 0.6) is 5.75 Å². The summed E-state index contributed by atoms with van der Waals surface area (Å²) in [5.74, 6) is -2.20. The lowest BCUT2D eigenvalue weighted by Crippen LogP contribution is -2.48. The van der Waals surface area contributed by atoms with Gasteiger partial charge in [0.2, 0.25) is 0 Å². The smallest absolute Gasteiger partial charge is 0.188 e. The first-order valence-corrected chi connectivity index (χ1v) is 13.2. The molecule has 2 heterocycles. The Kier molecular flexibility index (Phi) is 5.36. The van der Waals surface area contributed by atoms with Gasteiger partial charge in [-0.15, -0.1) is 0 Å². The second kappa shape index (κ2) is 8.85. The molecule has 4 aromatic rings.